The van der Waals surface area contributed by atoms with Crippen LogP contribution in [0, 0.1) is 0 Å². The molecule has 0 saturated heterocycles. The normalized spacial score (nSPS) is 12.5. The lowest BCUT2D eigenvalue weighted by Crippen LogP contribution is -2.30. The van der Waals surface area contributed by atoms with Gasteiger partial charge in [0.1, 0.15) is 6.61 Å². The number of unbranched alkanes of at least 4 members (excludes halogenated alkanes) is 33. The lowest BCUT2D eigenvalue weighted by atomic mass is 10.0. The SMILES string of the molecule is CC/C=C\C/C=C\C/C=C\C/C=C\CCCCCCC(=O)OC(COCCCCCCCCCCCCCC)COC(=O)CCCCCCCCCCCCCCCCCCCCC. The number of esters is 2. The van der Waals surface area contributed by atoms with Gasteiger partial charge in [-0.1, -0.05) is 268 Å². The van der Waals surface area contributed by atoms with E-state index in [1.807, 2.05) is 0 Å². The van der Waals surface area contributed by atoms with E-state index >= 15 is 0 Å². The van der Waals surface area contributed by atoms with Crippen LogP contribution in [0.2, 0.25) is 0 Å². The fraction of sp³-hybridized carbons (Fsp3) is 0.831. The van der Waals surface area contributed by atoms with Crippen molar-refractivity contribution in [1.29, 1.82) is 0 Å². The van der Waals surface area contributed by atoms with E-state index in [-0.39, 0.29) is 25.2 Å². The third-order valence-corrected chi connectivity index (χ3v) is 12.4. The molecule has 0 fully saturated rings. The van der Waals surface area contributed by atoms with Gasteiger partial charge >= 0.3 is 11.9 Å². The van der Waals surface area contributed by atoms with Gasteiger partial charge in [-0.3, -0.25) is 9.59 Å². The molecule has 0 heterocycles. The second-order valence-corrected chi connectivity index (χ2v) is 18.8. The lowest BCUT2D eigenvalue weighted by Gasteiger charge is -2.18. The smallest absolute Gasteiger partial charge is 0.306 e. The van der Waals surface area contributed by atoms with E-state index in [0.717, 1.165) is 83.5 Å². The van der Waals surface area contributed by atoms with Crippen molar-refractivity contribution in [2.24, 2.45) is 0 Å². The predicted molar refractivity (Wildman–Crippen MR) is 279 cm³/mol. The van der Waals surface area contributed by atoms with Crippen LogP contribution in [0.4, 0.5) is 0 Å². The van der Waals surface area contributed by atoms with E-state index in [2.05, 4.69) is 69.4 Å². The van der Waals surface area contributed by atoms with E-state index in [9.17, 15) is 9.59 Å². The van der Waals surface area contributed by atoms with Crippen molar-refractivity contribution in [2.75, 3.05) is 19.8 Å². The van der Waals surface area contributed by atoms with Crippen LogP contribution in [-0.2, 0) is 23.8 Å². The fourth-order valence-corrected chi connectivity index (χ4v) is 8.21. The minimum atomic E-state index is -0.544. The Morgan fingerprint density at radius 1 is 0.359 bits per heavy atom. The molecule has 0 spiro atoms. The van der Waals surface area contributed by atoms with Gasteiger partial charge in [0.25, 0.3) is 0 Å². The molecule has 1 atom stereocenters. The van der Waals surface area contributed by atoms with E-state index in [0.29, 0.717) is 19.4 Å². The zero-order valence-corrected chi connectivity index (χ0v) is 43.1. The number of ether oxygens (including phenoxy) is 3. The Hall–Kier alpha value is -2.14. The van der Waals surface area contributed by atoms with Gasteiger partial charge < -0.3 is 14.2 Å². The Bertz CT molecular complexity index is 1060. The maximum absolute atomic E-state index is 12.8. The molecule has 0 amide bonds. The summed E-state index contributed by atoms with van der Waals surface area (Å²) in [5.41, 5.74) is 0. The highest BCUT2D eigenvalue weighted by atomic mass is 16.6. The zero-order valence-electron chi connectivity index (χ0n) is 43.1. The van der Waals surface area contributed by atoms with Crippen molar-refractivity contribution in [3.63, 3.8) is 0 Å². The maximum Gasteiger partial charge on any atom is 0.306 e. The lowest BCUT2D eigenvalue weighted by molar-refractivity contribution is -0.163. The molecule has 0 bridgehead atoms. The van der Waals surface area contributed by atoms with E-state index in [1.165, 1.54) is 173 Å². The van der Waals surface area contributed by atoms with Crippen LogP contribution in [0.15, 0.2) is 48.6 Å². The van der Waals surface area contributed by atoms with Crippen molar-refractivity contribution in [3.8, 4) is 0 Å². The van der Waals surface area contributed by atoms with Crippen LogP contribution in [0.3, 0.4) is 0 Å². The second kappa shape index (κ2) is 55.2. The molecule has 0 aliphatic rings. The second-order valence-electron chi connectivity index (χ2n) is 18.8. The van der Waals surface area contributed by atoms with Crippen LogP contribution in [0.1, 0.15) is 290 Å². The molecule has 0 saturated carbocycles. The Kier molecular flexibility index (Phi) is 53.3. The summed E-state index contributed by atoms with van der Waals surface area (Å²) in [4.78, 5) is 25.5. The summed E-state index contributed by atoms with van der Waals surface area (Å²) in [7, 11) is 0. The third-order valence-electron chi connectivity index (χ3n) is 12.4. The van der Waals surface area contributed by atoms with Crippen LogP contribution in [-0.4, -0.2) is 37.9 Å². The fourth-order valence-electron chi connectivity index (χ4n) is 8.21. The summed E-state index contributed by atoms with van der Waals surface area (Å²) < 4.78 is 17.4. The van der Waals surface area contributed by atoms with Crippen molar-refractivity contribution >= 4 is 11.9 Å². The Morgan fingerprint density at radius 3 is 1.12 bits per heavy atom. The summed E-state index contributed by atoms with van der Waals surface area (Å²) >= 11 is 0. The third kappa shape index (κ3) is 52.5. The average molecular weight is 898 g/mol. The van der Waals surface area contributed by atoms with E-state index in [1.54, 1.807) is 0 Å². The van der Waals surface area contributed by atoms with Gasteiger partial charge in [0.05, 0.1) is 6.61 Å². The van der Waals surface area contributed by atoms with Crippen LogP contribution >= 0.6 is 0 Å². The van der Waals surface area contributed by atoms with Gasteiger partial charge in [0.2, 0.25) is 0 Å². The van der Waals surface area contributed by atoms with E-state index in [4.69, 9.17) is 14.2 Å². The molecule has 0 aliphatic carbocycles. The summed E-state index contributed by atoms with van der Waals surface area (Å²) in [5.74, 6) is -0.407. The molecular weight excluding hydrogens is 789 g/mol. The molecule has 0 aromatic heterocycles. The number of hydrogen-bond donors (Lipinski definition) is 0. The average Bonchev–Trinajstić information content (AvgIpc) is 3.30. The monoisotopic (exact) mass is 897 g/mol. The predicted octanol–water partition coefficient (Wildman–Crippen LogP) is 19.1. The molecule has 0 radical (unpaired) electrons. The van der Waals surface area contributed by atoms with Crippen molar-refractivity contribution < 1.29 is 23.8 Å². The molecule has 0 aromatic rings. The highest BCUT2D eigenvalue weighted by Crippen LogP contribution is 2.16. The molecule has 374 valence electrons. The molecule has 64 heavy (non-hydrogen) atoms. The quantitative estimate of drug-likeness (QED) is 0.0346. The first-order valence-corrected chi connectivity index (χ1v) is 28.2. The molecule has 5 nitrogen and oxygen atoms in total. The largest absolute Gasteiger partial charge is 0.462 e. The molecule has 0 aromatic carbocycles. The summed E-state index contributed by atoms with van der Waals surface area (Å²) in [5, 5.41) is 0. The minimum Gasteiger partial charge on any atom is -0.462 e. The molecule has 0 N–H and O–H groups in total. The van der Waals surface area contributed by atoms with Crippen molar-refractivity contribution in [2.45, 2.75) is 297 Å². The van der Waals surface area contributed by atoms with Crippen LogP contribution in [0.5, 0.6) is 0 Å². The van der Waals surface area contributed by atoms with Crippen LogP contribution in [0.25, 0.3) is 0 Å². The standard InChI is InChI=1S/C59H108O5/c1-4-7-10-13-16-19-22-25-27-29-30-32-33-35-37-40-43-46-49-52-58(60)63-56-57(55-62-54-51-48-45-42-39-24-21-18-15-12-9-6-3)64-59(61)53-50-47-44-41-38-36-34-31-28-26-23-20-17-14-11-8-5-2/h8,11,17,20,26,28,34,36,57H,4-7,9-10,12-16,18-19,21-25,27,29-33,35,37-56H2,1-3H3/b11-8-,20-17-,28-26-,36-34-. The van der Waals surface area contributed by atoms with Crippen LogP contribution < -0.4 is 0 Å². The van der Waals surface area contributed by atoms with Gasteiger partial charge in [-0.05, 0) is 57.8 Å². The number of allylic oxidation sites excluding steroid dienone is 8. The molecule has 5 heteroatoms. The number of carbonyl (C=O) groups excluding carboxylic acids is 2. The van der Waals surface area contributed by atoms with Crippen molar-refractivity contribution in [1.82, 2.24) is 0 Å². The molecular formula is C59H108O5. The maximum atomic E-state index is 12.8. The summed E-state index contributed by atoms with van der Waals surface area (Å²) in [6, 6.07) is 0. The Morgan fingerprint density at radius 2 is 0.703 bits per heavy atom. The van der Waals surface area contributed by atoms with Gasteiger partial charge in [0.15, 0.2) is 6.10 Å². The number of rotatable bonds is 52. The number of carbonyl (C=O) groups is 2. The first-order chi connectivity index (χ1) is 31.6. The molecule has 0 rings (SSSR count). The number of hydrogen-bond acceptors (Lipinski definition) is 5. The summed E-state index contributed by atoms with van der Waals surface area (Å²) in [6.07, 6.45) is 68.4. The topological polar surface area (TPSA) is 61.8 Å². The summed E-state index contributed by atoms with van der Waals surface area (Å²) in [6.45, 7) is 7.74. The van der Waals surface area contributed by atoms with Crippen molar-refractivity contribution in [3.05, 3.63) is 48.6 Å². The van der Waals surface area contributed by atoms with E-state index < -0.39 is 6.10 Å². The van der Waals surface area contributed by atoms with Gasteiger partial charge in [0, 0.05) is 19.4 Å². The molecule has 1 unspecified atom stereocenters. The van der Waals surface area contributed by atoms with Gasteiger partial charge in [-0.2, -0.15) is 0 Å². The highest BCUT2D eigenvalue weighted by Gasteiger charge is 2.17. The van der Waals surface area contributed by atoms with Gasteiger partial charge in [-0.15, -0.1) is 0 Å². The zero-order chi connectivity index (χ0) is 46.3. The Labute approximate surface area is 399 Å². The highest BCUT2D eigenvalue weighted by molar-refractivity contribution is 5.70. The minimum absolute atomic E-state index is 0.0804. The van der Waals surface area contributed by atoms with Gasteiger partial charge in [-0.25, -0.2) is 0 Å². The first kappa shape index (κ1) is 61.9. The Balaban J connectivity index is 4.23. The molecule has 0 aliphatic heterocycles. The first-order valence-electron chi connectivity index (χ1n) is 28.2.